The number of nitrogens with zero attached hydrogens (tertiary/aromatic N) is 4. The smallest absolute Gasteiger partial charge is 0.145 e. The van der Waals surface area contributed by atoms with Gasteiger partial charge in [-0.1, -0.05) is 122 Å². The van der Waals surface area contributed by atoms with Crippen LogP contribution in [0.2, 0.25) is 0 Å². The molecule has 0 aliphatic carbocycles. The molecule has 0 aliphatic rings. The molecule has 0 N–H and O–H groups in total. The lowest BCUT2D eigenvalue weighted by atomic mass is 9.84. The van der Waals surface area contributed by atoms with Crippen molar-refractivity contribution in [2.75, 3.05) is 0 Å². The average molecular weight is 771 g/mol. The normalized spacial score (nSPS) is 12.3. The molecule has 4 aromatic heterocycles. The van der Waals surface area contributed by atoms with Gasteiger partial charge in [-0.25, -0.2) is 9.97 Å². The highest BCUT2D eigenvalue weighted by Gasteiger charge is 2.23. The Balaban J connectivity index is 1.22. The zero-order valence-corrected chi connectivity index (χ0v) is 35.2. The van der Waals surface area contributed by atoms with Gasteiger partial charge in [-0.2, -0.15) is 0 Å². The molecule has 0 radical (unpaired) electrons. The zero-order valence-electron chi connectivity index (χ0n) is 35.2. The number of imidazole rings is 2. The summed E-state index contributed by atoms with van der Waals surface area (Å²) < 4.78 is 11.4. The molecule has 0 saturated heterocycles. The van der Waals surface area contributed by atoms with Crippen LogP contribution < -0.4 is 4.74 Å². The van der Waals surface area contributed by atoms with Crippen LogP contribution in [0, 0.1) is 0 Å². The molecule has 5 nitrogen and oxygen atoms in total. The third kappa shape index (κ3) is 5.89. The van der Waals surface area contributed by atoms with Gasteiger partial charge in [-0.3, -0.25) is 8.80 Å². The van der Waals surface area contributed by atoms with Crippen molar-refractivity contribution in [3.8, 4) is 33.9 Å². The van der Waals surface area contributed by atoms with Crippen molar-refractivity contribution in [1.29, 1.82) is 0 Å². The van der Waals surface area contributed by atoms with Crippen LogP contribution in [0.5, 0.6) is 11.5 Å². The van der Waals surface area contributed by atoms with Gasteiger partial charge >= 0.3 is 0 Å². The van der Waals surface area contributed by atoms with E-state index in [-0.39, 0.29) is 0 Å². The van der Waals surface area contributed by atoms with E-state index in [1.54, 1.807) is 0 Å². The lowest BCUT2D eigenvalue weighted by Gasteiger charge is -2.22. The van der Waals surface area contributed by atoms with Crippen LogP contribution in [0.15, 0.2) is 134 Å². The molecule has 10 rings (SSSR count). The molecule has 0 bridgehead atoms. The van der Waals surface area contributed by atoms with Crippen LogP contribution in [0.1, 0.15) is 101 Å². The van der Waals surface area contributed by atoms with Crippen molar-refractivity contribution in [2.24, 2.45) is 0 Å². The third-order valence-corrected chi connectivity index (χ3v) is 12.4. The number of ether oxygens (including phenoxy) is 1. The highest BCUT2D eigenvalue weighted by molar-refractivity contribution is 6.14. The Morgan fingerprint density at radius 2 is 1.00 bits per heavy atom. The van der Waals surface area contributed by atoms with E-state index in [2.05, 4.69) is 186 Å². The van der Waals surface area contributed by atoms with Crippen LogP contribution in [0.3, 0.4) is 0 Å². The number of pyridine rings is 2. The lowest BCUT2D eigenvalue weighted by Crippen LogP contribution is -2.03. The van der Waals surface area contributed by atoms with Crippen LogP contribution in [0.4, 0.5) is 0 Å². The van der Waals surface area contributed by atoms with Crippen molar-refractivity contribution >= 4 is 54.6 Å². The molecule has 0 spiro atoms. The SMILES string of the molecule is CC(C)c1cccc(C(C)C)c1-c1ccc2c3ccc(Oc4ccc5c6ccccc6n6ccnc6c5c4)cc3c3ncc(-c4c(C(C)C)cccc4C(C)C)n3c2c1. The Bertz CT molecular complexity index is 3220. The standard InChI is InChI=1S/C54H50N4O/c1-31(2)38-14-11-15-39(32(3)4)51(38)35-19-22-45-43-24-21-37(59-36-20-23-42-44-13-9-10-18-48(44)57-26-25-55-53(57)46(42)28-36)29-47(43)54-56-30-50(58(54)49(45)27-35)52-40(33(5)6)16-12-17-41(52)34(7)8/h9-34H,1-8H3. The molecule has 0 fully saturated rings. The molecule has 0 aliphatic heterocycles. The van der Waals surface area contributed by atoms with Crippen LogP contribution >= 0.6 is 0 Å². The maximum atomic E-state index is 6.76. The first-order chi connectivity index (χ1) is 28.6. The van der Waals surface area contributed by atoms with E-state index in [9.17, 15) is 0 Å². The highest BCUT2D eigenvalue weighted by Crippen LogP contribution is 2.43. The molecule has 0 saturated carbocycles. The second kappa shape index (κ2) is 14.1. The number of rotatable bonds is 8. The van der Waals surface area contributed by atoms with Gasteiger partial charge in [0.25, 0.3) is 0 Å². The zero-order chi connectivity index (χ0) is 40.7. The second-order valence-corrected chi connectivity index (χ2v) is 17.4. The maximum Gasteiger partial charge on any atom is 0.145 e. The average Bonchev–Trinajstić information content (AvgIpc) is 3.92. The summed E-state index contributed by atoms with van der Waals surface area (Å²) in [4.78, 5) is 10.1. The summed E-state index contributed by atoms with van der Waals surface area (Å²) in [5.74, 6) is 2.98. The summed E-state index contributed by atoms with van der Waals surface area (Å²) in [6.45, 7) is 18.4. The van der Waals surface area contributed by atoms with Crippen molar-refractivity contribution in [1.82, 2.24) is 18.8 Å². The van der Waals surface area contributed by atoms with E-state index in [0.29, 0.717) is 23.7 Å². The van der Waals surface area contributed by atoms with Crippen molar-refractivity contribution < 1.29 is 4.74 Å². The van der Waals surface area contributed by atoms with Crippen molar-refractivity contribution in [2.45, 2.75) is 79.1 Å². The fourth-order valence-electron chi connectivity index (χ4n) is 9.55. The summed E-state index contributed by atoms with van der Waals surface area (Å²) in [5.41, 5.74) is 14.5. The van der Waals surface area contributed by atoms with Crippen molar-refractivity contribution in [3.05, 3.63) is 156 Å². The molecule has 4 heterocycles. The molecule has 59 heavy (non-hydrogen) atoms. The minimum Gasteiger partial charge on any atom is -0.457 e. The van der Waals surface area contributed by atoms with Gasteiger partial charge in [-0.05, 0) is 116 Å². The Kier molecular flexibility index (Phi) is 8.82. The van der Waals surface area contributed by atoms with Crippen LogP contribution in [-0.2, 0) is 0 Å². The first-order valence-corrected chi connectivity index (χ1v) is 21.2. The summed E-state index contributed by atoms with van der Waals surface area (Å²) in [5, 5.41) is 6.78. The maximum absolute atomic E-state index is 6.76. The molecule has 0 unspecified atom stereocenters. The van der Waals surface area contributed by atoms with Gasteiger partial charge in [0.2, 0.25) is 0 Å². The monoisotopic (exact) mass is 770 g/mol. The number of hydrogen-bond donors (Lipinski definition) is 0. The summed E-state index contributed by atoms with van der Waals surface area (Å²) in [6.07, 6.45) is 6.00. The van der Waals surface area contributed by atoms with E-state index < -0.39 is 0 Å². The van der Waals surface area contributed by atoms with E-state index in [1.165, 1.54) is 49.7 Å². The fraction of sp³-hybridized carbons (Fsp3) is 0.222. The molecule has 10 aromatic rings. The topological polar surface area (TPSA) is 43.8 Å². The molecule has 5 heteroatoms. The molecule has 0 amide bonds. The van der Waals surface area contributed by atoms with E-state index in [0.717, 1.165) is 61.1 Å². The second-order valence-electron chi connectivity index (χ2n) is 17.4. The lowest BCUT2D eigenvalue weighted by molar-refractivity contribution is 0.484. The number of aromatic nitrogens is 4. The van der Waals surface area contributed by atoms with E-state index >= 15 is 0 Å². The van der Waals surface area contributed by atoms with Gasteiger partial charge in [0, 0.05) is 39.5 Å². The number of hydrogen-bond acceptors (Lipinski definition) is 3. The van der Waals surface area contributed by atoms with Gasteiger partial charge in [0.05, 0.1) is 22.9 Å². The van der Waals surface area contributed by atoms with Crippen LogP contribution in [-0.4, -0.2) is 18.8 Å². The Labute approximate surface area is 345 Å². The summed E-state index contributed by atoms with van der Waals surface area (Å²) in [7, 11) is 0. The molecular weight excluding hydrogens is 721 g/mol. The predicted molar refractivity (Wildman–Crippen MR) is 248 cm³/mol. The predicted octanol–water partition coefficient (Wildman–Crippen LogP) is 15.2. The third-order valence-electron chi connectivity index (χ3n) is 12.4. The van der Waals surface area contributed by atoms with Gasteiger partial charge in [0.1, 0.15) is 22.8 Å². The Hall–Kier alpha value is -6.46. The molecule has 292 valence electrons. The molecule has 0 atom stereocenters. The fourth-order valence-corrected chi connectivity index (χ4v) is 9.55. The molecule has 6 aromatic carbocycles. The van der Waals surface area contributed by atoms with E-state index in [1.807, 2.05) is 12.4 Å². The van der Waals surface area contributed by atoms with Gasteiger partial charge in [0.15, 0.2) is 0 Å². The highest BCUT2D eigenvalue weighted by atomic mass is 16.5. The van der Waals surface area contributed by atoms with Gasteiger partial charge in [-0.15, -0.1) is 0 Å². The quantitative estimate of drug-likeness (QED) is 0.145. The Morgan fingerprint density at radius 1 is 0.458 bits per heavy atom. The Morgan fingerprint density at radius 3 is 1.61 bits per heavy atom. The van der Waals surface area contributed by atoms with Crippen molar-refractivity contribution in [3.63, 3.8) is 0 Å². The van der Waals surface area contributed by atoms with E-state index in [4.69, 9.17) is 14.7 Å². The minimum absolute atomic E-state index is 0.339. The largest absolute Gasteiger partial charge is 0.457 e. The minimum atomic E-state index is 0.339. The first kappa shape index (κ1) is 36.9. The number of para-hydroxylation sites is 1. The van der Waals surface area contributed by atoms with Gasteiger partial charge < -0.3 is 4.74 Å². The van der Waals surface area contributed by atoms with Crippen LogP contribution in [0.25, 0.3) is 77.0 Å². The summed E-state index contributed by atoms with van der Waals surface area (Å²) in [6, 6.07) is 42.1. The first-order valence-electron chi connectivity index (χ1n) is 21.2. The number of fused-ring (bicyclic) bond motifs is 12. The summed E-state index contributed by atoms with van der Waals surface area (Å²) >= 11 is 0. The number of benzene rings is 6. The molecular formula is C54H50N4O.